The minimum Gasteiger partial charge on any atom is -0.497 e. The van der Waals surface area contributed by atoms with Crippen molar-refractivity contribution < 1.29 is 13.2 Å². The Kier molecular flexibility index (Phi) is 4.34. The van der Waals surface area contributed by atoms with Gasteiger partial charge in [0.05, 0.1) is 12.0 Å². The largest absolute Gasteiger partial charge is 0.497 e. The molecule has 0 fully saturated rings. The van der Waals surface area contributed by atoms with Crippen molar-refractivity contribution in [2.24, 2.45) is 4.99 Å². The Balaban J connectivity index is 1.65. The number of hydrogen-bond acceptors (Lipinski definition) is 4. The molecule has 6 heteroatoms. The van der Waals surface area contributed by atoms with Crippen LogP contribution >= 0.6 is 0 Å². The molecule has 120 valence electrons. The van der Waals surface area contributed by atoms with Crippen LogP contribution in [-0.2, 0) is 16.4 Å². The number of nitrogens with zero attached hydrogens (tertiary/aromatic N) is 1. The van der Waals surface area contributed by atoms with Crippen LogP contribution in [0.15, 0.2) is 58.4 Å². The Morgan fingerprint density at radius 3 is 2.78 bits per heavy atom. The molecule has 1 heterocycles. The molecule has 0 amide bonds. The van der Waals surface area contributed by atoms with Crippen molar-refractivity contribution in [1.82, 2.24) is 4.72 Å². The van der Waals surface area contributed by atoms with Crippen molar-refractivity contribution in [3.05, 3.63) is 59.7 Å². The second-order valence-corrected chi connectivity index (χ2v) is 6.94. The van der Waals surface area contributed by atoms with E-state index < -0.39 is 10.0 Å². The van der Waals surface area contributed by atoms with Gasteiger partial charge in [-0.1, -0.05) is 24.3 Å². The average Bonchev–Trinajstić information content (AvgIpc) is 2.83. The number of benzene rings is 2. The molecular weight excluding hydrogens is 312 g/mol. The van der Waals surface area contributed by atoms with Crippen LogP contribution in [0.5, 0.6) is 5.75 Å². The first-order valence-corrected chi connectivity index (χ1v) is 8.88. The lowest BCUT2D eigenvalue weighted by Crippen LogP contribution is -2.22. The number of methoxy groups -OCH3 is 1. The Morgan fingerprint density at radius 2 is 1.96 bits per heavy atom. The highest BCUT2D eigenvalue weighted by atomic mass is 32.2. The number of ether oxygens (including phenoxy) is 1. The van der Waals surface area contributed by atoms with Gasteiger partial charge in [-0.05, 0) is 42.7 Å². The summed E-state index contributed by atoms with van der Waals surface area (Å²) in [5.41, 5.74) is 1.82. The van der Waals surface area contributed by atoms with Gasteiger partial charge in [0.25, 0.3) is 10.0 Å². The molecule has 0 aliphatic carbocycles. The lowest BCUT2D eigenvalue weighted by molar-refractivity contribution is 0.414. The van der Waals surface area contributed by atoms with E-state index in [0.717, 1.165) is 18.6 Å². The van der Waals surface area contributed by atoms with Crippen molar-refractivity contribution in [3.8, 4) is 5.75 Å². The van der Waals surface area contributed by atoms with E-state index in [1.165, 1.54) is 5.56 Å². The molecule has 0 unspecified atom stereocenters. The number of nitrogens with one attached hydrogen (secondary N) is 1. The number of fused-ring (bicyclic) bond motifs is 1. The lowest BCUT2D eigenvalue weighted by atomic mass is 10.1. The molecule has 5 nitrogen and oxygen atoms in total. The predicted molar refractivity (Wildman–Crippen MR) is 89.5 cm³/mol. The maximum absolute atomic E-state index is 12.0. The summed E-state index contributed by atoms with van der Waals surface area (Å²) in [7, 11) is -1.80. The van der Waals surface area contributed by atoms with Gasteiger partial charge in [0.2, 0.25) is 0 Å². The summed E-state index contributed by atoms with van der Waals surface area (Å²) in [6.07, 6.45) is 1.70. The predicted octanol–water partition coefficient (Wildman–Crippen LogP) is 2.37. The summed E-state index contributed by atoms with van der Waals surface area (Å²) >= 11 is 0. The molecule has 2 aromatic carbocycles. The standard InChI is InChI=1S/C17H18N2O3S/c1-22-14-8-4-6-13(12-14)7-5-11-18-17-15-9-2-3-10-16(15)23(20,21)19-17/h2-4,6,8-10,12H,5,7,11H2,1H3,(H,18,19). The van der Waals surface area contributed by atoms with Crippen molar-refractivity contribution in [2.45, 2.75) is 17.7 Å². The molecule has 2 aromatic rings. The minimum atomic E-state index is -3.45. The van der Waals surface area contributed by atoms with Gasteiger partial charge < -0.3 is 4.74 Å². The number of hydrogen-bond donors (Lipinski definition) is 1. The van der Waals surface area contributed by atoms with Gasteiger partial charge in [0.15, 0.2) is 0 Å². The summed E-state index contributed by atoms with van der Waals surface area (Å²) in [5, 5.41) is 0. The first-order valence-electron chi connectivity index (χ1n) is 7.40. The fourth-order valence-electron chi connectivity index (χ4n) is 2.55. The fourth-order valence-corrected chi connectivity index (χ4v) is 3.80. The highest BCUT2D eigenvalue weighted by Crippen LogP contribution is 2.22. The Bertz CT molecular complexity index is 844. The molecule has 0 spiro atoms. The zero-order valence-electron chi connectivity index (χ0n) is 12.8. The van der Waals surface area contributed by atoms with Crippen molar-refractivity contribution in [3.63, 3.8) is 0 Å². The molecule has 0 bridgehead atoms. The molecule has 1 N–H and O–H groups in total. The van der Waals surface area contributed by atoms with Gasteiger partial charge in [0.1, 0.15) is 11.6 Å². The van der Waals surface area contributed by atoms with Gasteiger partial charge in [-0.25, -0.2) is 8.42 Å². The number of rotatable bonds is 5. The Labute approximate surface area is 136 Å². The molecule has 0 atom stereocenters. The fraction of sp³-hybridized carbons (Fsp3) is 0.235. The van der Waals surface area contributed by atoms with Crippen LogP contribution in [0.25, 0.3) is 0 Å². The van der Waals surface area contributed by atoms with Gasteiger partial charge >= 0.3 is 0 Å². The van der Waals surface area contributed by atoms with Gasteiger partial charge in [-0.15, -0.1) is 0 Å². The van der Waals surface area contributed by atoms with E-state index in [1.807, 2.05) is 30.3 Å². The average molecular weight is 330 g/mol. The van der Waals surface area contributed by atoms with Gasteiger partial charge in [-0.2, -0.15) is 0 Å². The quantitative estimate of drug-likeness (QED) is 0.856. The topological polar surface area (TPSA) is 67.8 Å². The van der Waals surface area contributed by atoms with Crippen LogP contribution < -0.4 is 9.46 Å². The monoisotopic (exact) mass is 330 g/mol. The molecule has 1 aliphatic rings. The highest BCUT2D eigenvalue weighted by molar-refractivity contribution is 7.90. The maximum Gasteiger partial charge on any atom is 0.263 e. The second kappa shape index (κ2) is 6.42. The number of aryl methyl sites for hydroxylation is 1. The second-order valence-electron chi connectivity index (χ2n) is 5.29. The third-order valence-electron chi connectivity index (χ3n) is 3.69. The lowest BCUT2D eigenvalue weighted by Gasteiger charge is -2.04. The van der Waals surface area contributed by atoms with E-state index >= 15 is 0 Å². The van der Waals surface area contributed by atoms with Crippen LogP contribution in [0.1, 0.15) is 17.5 Å². The molecule has 0 radical (unpaired) electrons. The van der Waals surface area contributed by atoms with E-state index in [2.05, 4.69) is 9.71 Å². The smallest absolute Gasteiger partial charge is 0.263 e. The van der Waals surface area contributed by atoms with Crippen molar-refractivity contribution >= 4 is 15.9 Å². The summed E-state index contributed by atoms with van der Waals surface area (Å²) in [6.45, 7) is 0.559. The number of sulfonamides is 1. The van der Waals surface area contributed by atoms with Crippen LogP contribution in [0.3, 0.4) is 0 Å². The zero-order chi connectivity index (χ0) is 16.3. The third kappa shape index (κ3) is 3.37. The first-order chi connectivity index (χ1) is 11.1. The summed E-state index contributed by atoms with van der Waals surface area (Å²) in [4.78, 5) is 4.71. The Hall–Kier alpha value is -2.34. The zero-order valence-corrected chi connectivity index (χ0v) is 13.6. The minimum absolute atomic E-state index is 0.298. The van der Waals surface area contributed by atoms with E-state index in [4.69, 9.17) is 4.74 Å². The molecule has 0 saturated heterocycles. The first kappa shape index (κ1) is 15.6. The molecule has 1 aliphatic heterocycles. The van der Waals surface area contributed by atoms with Crippen LogP contribution in [0.2, 0.25) is 0 Å². The molecule has 0 saturated carbocycles. The van der Waals surface area contributed by atoms with Crippen molar-refractivity contribution in [2.75, 3.05) is 13.7 Å². The van der Waals surface area contributed by atoms with Gasteiger partial charge in [0, 0.05) is 12.1 Å². The summed E-state index contributed by atoms with van der Waals surface area (Å²) in [6, 6.07) is 14.8. The summed E-state index contributed by atoms with van der Waals surface area (Å²) < 4.78 is 31.7. The van der Waals surface area contributed by atoms with E-state index in [-0.39, 0.29) is 0 Å². The van der Waals surface area contributed by atoms with E-state index in [0.29, 0.717) is 22.8 Å². The number of aliphatic imine (C=N–C) groups is 1. The third-order valence-corrected chi connectivity index (χ3v) is 5.09. The number of amidine groups is 1. The molecule has 23 heavy (non-hydrogen) atoms. The normalized spacial score (nSPS) is 16.8. The molecular formula is C17H18N2O3S. The molecule has 3 rings (SSSR count). The maximum atomic E-state index is 12.0. The van der Waals surface area contributed by atoms with E-state index in [9.17, 15) is 8.42 Å². The van der Waals surface area contributed by atoms with Crippen LogP contribution in [-0.4, -0.2) is 27.9 Å². The Morgan fingerprint density at radius 1 is 1.13 bits per heavy atom. The SMILES string of the molecule is COc1cccc(CCCN=C2NS(=O)(=O)c3ccccc32)c1. The van der Waals surface area contributed by atoms with Crippen molar-refractivity contribution in [1.29, 1.82) is 0 Å². The van der Waals surface area contributed by atoms with Crippen LogP contribution in [0.4, 0.5) is 0 Å². The van der Waals surface area contributed by atoms with E-state index in [1.54, 1.807) is 25.3 Å². The van der Waals surface area contributed by atoms with Crippen LogP contribution in [0, 0.1) is 0 Å². The highest BCUT2D eigenvalue weighted by Gasteiger charge is 2.29. The summed E-state index contributed by atoms with van der Waals surface area (Å²) in [5.74, 6) is 1.28. The van der Waals surface area contributed by atoms with Gasteiger partial charge in [-0.3, -0.25) is 9.71 Å². The molecule has 0 aromatic heterocycles.